The van der Waals surface area contributed by atoms with Crippen molar-refractivity contribution in [1.29, 1.82) is 0 Å². The van der Waals surface area contributed by atoms with E-state index in [-0.39, 0.29) is 6.54 Å². The molecule has 1 aromatic heterocycles. The largest absolute Gasteiger partial charge is 0.328 e. The van der Waals surface area contributed by atoms with Gasteiger partial charge in [0.05, 0.1) is 11.0 Å². The molecule has 7 heteroatoms. The zero-order chi connectivity index (χ0) is 17.4. The van der Waals surface area contributed by atoms with Crippen molar-refractivity contribution in [3.8, 4) is 11.4 Å². The van der Waals surface area contributed by atoms with Gasteiger partial charge in [-0.25, -0.2) is 9.78 Å². The zero-order valence-corrected chi connectivity index (χ0v) is 13.1. The van der Waals surface area contributed by atoms with Gasteiger partial charge in [-0.05, 0) is 12.1 Å². The van der Waals surface area contributed by atoms with E-state index in [9.17, 15) is 14.4 Å². The Hall–Kier alpha value is -3.48. The number of benzene rings is 2. The molecule has 4 rings (SSSR count). The van der Waals surface area contributed by atoms with E-state index >= 15 is 0 Å². The molecular formula is C18H14N4O3. The Bertz CT molecular complexity index is 974. The number of fused-ring (bicyclic) bond motifs is 1. The van der Waals surface area contributed by atoms with Gasteiger partial charge in [0.1, 0.15) is 11.7 Å². The van der Waals surface area contributed by atoms with Gasteiger partial charge in [-0.15, -0.1) is 0 Å². The van der Waals surface area contributed by atoms with E-state index < -0.39 is 23.8 Å². The van der Waals surface area contributed by atoms with Crippen molar-refractivity contribution in [2.45, 2.75) is 6.54 Å². The van der Waals surface area contributed by atoms with Crippen molar-refractivity contribution in [3.05, 3.63) is 54.6 Å². The Labute approximate surface area is 142 Å². The molecule has 0 atom stereocenters. The van der Waals surface area contributed by atoms with Crippen molar-refractivity contribution in [1.82, 2.24) is 20.2 Å². The Kier molecular flexibility index (Phi) is 3.53. The van der Waals surface area contributed by atoms with Gasteiger partial charge in [0.2, 0.25) is 11.8 Å². The van der Waals surface area contributed by atoms with E-state index in [0.29, 0.717) is 5.82 Å². The number of hydrogen-bond acceptors (Lipinski definition) is 4. The number of nitrogens with one attached hydrogen (secondary N) is 2. The lowest BCUT2D eigenvalue weighted by Crippen LogP contribution is -2.56. The monoisotopic (exact) mass is 334 g/mol. The molecule has 0 spiro atoms. The fourth-order valence-corrected chi connectivity index (χ4v) is 2.96. The van der Waals surface area contributed by atoms with Crippen LogP contribution in [0.5, 0.6) is 0 Å². The second-order valence-electron chi connectivity index (χ2n) is 5.76. The number of imidazole rings is 1. The fourth-order valence-electron chi connectivity index (χ4n) is 2.96. The van der Waals surface area contributed by atoms with Crippen LogP contribution in [0.1, 0.15) is 0 Å². The molecule has 0 radical (unpaired) electrons. The molecule has 4 amide bonds. The summed E-state index contributed by atoms with van der Waals surface area (Å²) in [6, 6.07) is 16.3. The van der Waals surface area contributed by atoms with Gasteiger partial charge in [0, 0.05) is 12.1 Å². The van der Waals surface area contributed by atoms with Gasteiger partial charge in [-0.2, -0.15) is 0 Å². The van der Waals surface area contributed by atoms with Crippen LogP contribution in [0.25, 0.3) is 22.4 Å². The Morgan fingerprint density at radius 3 is 2.24 bits per heavy atom. The summed E-state index contributed by atoms with van der Waals surface area (Å²) in [5, 5.41) is 4.27. The average Bonchev–Trinajstić information content (AvgIpc) is 2.97. The summed E-state index contributed by atoms with van der Waals surface area (Å²) in [5.74, 6) is -1.55. The van der Waals surface area contributed by atoms with E-state index in [2.05, 4.69) is 15.6 Å². The second-order valence-corrected chi connectivity index (χ2v) is 5.76. The van der Waals surface area contributed by atoms with E-state index in [1.165, 1.54) is 0 Å². The highest BCUT2D eigenvalue weighted by Crippen LogP contribution is 2.26. The molecule has 2 N–H and O–H groups in total. The molecule has 25 heavy (non-hydrogen) atoms. The van der Waals surface area contributed by atoms with Gasteiger partial charge in [-0.1, -0.05) is 42.5 Å². The third-order valence-corrected chi connectivity index (χ3v) is 4.16. The van der Waals surface area contributed by atoms with Crippen LogP contribution in [0, 0.1) is 5.92 Å². The number of carbonyl (C=O) groups is 3. The molecule has 1 saturated heterocycles. The maximum absolute atomic E-state index is 12.1. The number of para-hydroxylation sites is 2. The summed E-state index contributed by atoms with van der Waals surface area (Å²) >= 11 is 0. The fraction of sp³-hybridized carbons (Fsp3) is 0.111. The lowest BCUT2D eigenvalue weighted by molar-refractivity contribution is -0.136. The molecule has 2 heterocycles. The number of barbiturate groups is 1. The first-order valence-electron chi connectivity index (χ1n) is 7.80. The Morgan fingerprint density at radius 1 is 0.880 bits per heavy atom. The summed E-state index contributed by atoms with van der Waals surface area (Å²) in [6.07, 6.45) is 0. The number of hydrogen-bond donors (Lipinski definition) is 2. The quantitative estimate of drug-likeness (QED) is 0.713. The van der Waals surface area contributed by atoms with Crippen molar-refractivity contribution in [2.75, 3.05) is 0 Å². The maximum Gasteiger partial charge on any atom is 0.328 e. The van der Waals surface area contributed by atoms with Crippen LogP contribution in [0.3, 0.4) is 0 Å². The van der Waals surface area contributed by atoms with Crippen LogP contribution in [-0.2, 0) is 16.1 Å². The molecule has 0 saturated carbocycles. The number of amides is 4. The molecule has 3 aromatic rings. The second kappa shape index (κ2) is 5.86. The molecule has 0 bridgehead atoms. The molecule has 1 aliphatic rings. The zero-order valence-electron chi connectivity index (χ0n) is 13.1. The summed E-state index contributed by atoms with van der Waals surface area (Å²) in [4.78, 5) is 40.1. The Morgan fingerprint density at radius 2 is 1.52 bits per heavy atom. The molecule has 1 fully saturated rings. The van der Waals surface area contributed by atoms with Crippen LogP contribution in [0.4, 0.5) is 4.79 Å². The number of nitrogens with zero attached hydrogens (tertiary/aromatic N) is 2. The van der Waals surface area contributed by atoms with Gasteiger partial charge < -0.3 is 4.57 Å². The first-order valence-corrected chi connectivity index (χ1v) is 7.80. The topological polar surface area (TPSA) is 93.1 Å². The lowest BCUT2D eigenvalue weighted by atomic mass is 10.1. The molecule has 1 aliphatic heterocycles. The number of imide groups is 2. The molecular weight excluding hydrogens is 320 g/mol. The predicted molar refractivity (Wildman–Crippen MR) is 90.3 cm³/mol. The van der Waals surface area contributed by atoms with E-state index in [1.807, 2.05) is 59.2 Å². The molecule has 0 unspecified atom stereocenters. The minimum atomic E-state index is -1.00. The SMILES string of the molecule is O=C1NC(=O)C(Cn2c(-c3ccccc3)nc3ccccc32)C(=O)N1. The van der Waals surface area contributed by atoms with Crippen LogP contribution in [-0.4, -0.2) is 27.4 Å². The predicted octanol–water partition coefficient (Wildman–Crippen LogP) is 1.69. The number of urea groups is 1. The minimum absolute atomic E-state index is 0.0929. The standard InChI is InChI=1S/C18H14N4O3/c23-16-12(17(24)21-18(25)20-16)10-22-14-9-5-4-8-13(14)19-15(22)11-6-2-1-3-7-11/h1-9,12H,10H2,(H2,20,21,23,24,25). The first-order chi connectivity index (χ1) is 12.1. The van der Waals surface area contributed by atoms with E-state index in [1.54, 1.807) is 0 Å². The summed E-state index contributed by atoms with van der Waals surface area (Å²) in [5.41, 5.74) is 2.47. The molecule has 0 aliphatic carbocycles. The van der Waals surface area contributed by atoms with Gasteiger partial charge in [0.25, 0.3) is 0 Å². The maximum atomic E-state index is 12.1. The average molecular weight is 334 g/mol. The van der Waals surface area contributed by atoms with Crippen LogP contribution >= 0.6 is 0 Å². The summed E-state index contributed by atoms with van der Waals surface area (Å²) in [7, 11) is 0. The minimum Gasteiger partial charge on any atom is -0.323 e. The van der Waals surface area contributed by atoms with Crippen molar-refractivity contribution < 1.29 is 14.4 Å². The summed E-state index contributed by atoms with van der Waals surface area (Å²) in [6.45, 7) is 0.0929. The highest BCUT2D eigenvalue weighted by Gasteiger charge is 2.35. The number of aromatic nitrogens is 2. The number of rotatable bonds is 3. The molecule has 2 aromatic carbocycles. The Balaban J connectivity index is 1.82. The molecule has 7 nitrogen and oxygen atoms in total. The highest BCUT2D eigenvalue weighted by molar-refractivity contribution is 6.16. The van der Waals surface area contributed by atoms with Gasteiger partial charge in [-0.3, -0.25) is 20.2 Å². The third-order valence-electron chi connectivity index (χ3n) is 4.16. The van der Waals surface area contributed by atoms with Crippen LogP contribution in [0.15, 0.2) is 54.6 Å². The van der Waals surface area contributed by atoms with Gasteiger partial charge in [0.15, 0.2) is 0 Å². The van der Waals surface area contributed by atoms with Gasteiger partial charge >= 0.3 is 6.03 Å². The normalized spacial score (nSPS) is 15.3. The van der Waals surface area contributed by atoms with Crippen molar-refractivity contribution in [2.24, 2.45) is 5.92 Å². The smallest absolute Gasteiger partial charge is 0.323 e. The number of carbonyl (C=O) groups excluding carboxylic acids is 3. The first kappa shape index (κ1) is 15.1. The van der Waals surface area contributed by atoms with E-state index in [0.717, 1.165) is 16.6 Å². The van der Waals surface area contributed by atoms with E-state index in [4.69, 9.17) is 0 Å². The summed E-state index contributed by atoms with van der Waals surface area (Å²) < 4.78 is 1.84. The van der Waals surface area contributed by atoms with Crippen molar-refractivity contribution >= 4 is 28.9 Å². The molecule has 124 valence electrons. The lowest BCUT2D eigenvalue weighted by Gasteiger charge is -2.22. The van der Waals surface area contributed by atoms with Crippen LogP contribution in [0.2, 0.25) is 0 Å². The highest BCUT2D eigenvalue weighted by atomic mass is 16.2. The third kappa shape index (κ3) is 2.65. The van der Waals surface area contributed by atoms with Crippen molar-refractivity contribution in [3.63, 3.8) is 0 Å². The van der Waals surface area contributed by atoms with Crippen LogP contribution < -0.4 is 10.6 Å².